The van der Waals surface area contributed by atoms with Gasteiger partial charge in [0.1, 0.15) is 5.78 Å². The Morgan fingerprint density at radius 1 is 1.35 bits per heavy atom. The molecule has 0 N–H and O–H groups in total. The van der Waals surface area contributed by atoms with E-state index in [1.54, 1.807) is 0 Å². The fourth-order valence-electron chi connectivity index (χ4n) is 1.63. The van der Waals surface area contributed by atoms with E-state index < -0.39 is 4.92 Å². The van der Waals surface area contributed by atoms with E-state index in [-0.39, 0.29) is 33.9 Å². The van der Waals surface area contributed by atoms with Crippen molar-refractivity contribution in [3.05, 3.63) is 37.9 Å². The summed E-state index contributed by atoms with van der Waals surface area (Å²) in [6, 6.07) is 2.60. The number of nitro benzene ring substituents is 1. The number of hydrogen-bond acceptors (Lipinski definition) is 3. The zero-order valence-electron chi connectivity index (χ0n) is 8.78. The first-order valence-corrected chi connectivity index (χ1v) is 5.89. The molecule has 1 fully saturated rings. The molecule has 0 aliphatic heterocycles. The van der Waals surface area contributed by atoms with Gasteiger partial charge in [0.15, 0.2) is 0 Å². The van der Waals surface area contributed by atoms with Crippen molar-refractivity contribution < 1.29 is 9.72 Å². The van der Waals surface area contributed by atoms with Gasteiger partial charge in [-0.05, 0) is 18.9 Å². The van der Waals surface area contributed by atoms with Gasteiger partial charge >= 0.3 is 0 Å². The Balaban J connectivity index is 2.33. The van der Waals surface area contributed by atoms with E-state index in [4.69, 9.17) is 23.2 Å². The summed E-state index contributed by atoms with van der Waals surface area (Å²) in [7, 11) is 0. The van der Waals surface area contributed by atoms with Crippen LogP contribution in [0.2, 0.25) is 10.0 Å². The van der Waals surface area contributed by atoms with Gasteiger partial charge in [0.25, 0.3) is 5.69 Å². The van der Waals surface area contributed by atoms with Crippen LogP contribution in [0.15, 0.2) is 12.1 Å². The molecule has 2 rings (SSSR count). The lowest BCUT2D eigenvalue weighted by Crippen LogP contribution is -2.07. The molecule has 0 aromatic heterocycles. The standard InChI is InChI=1S/C11H9Cl2NO3/c12-8-3-7(4-11(15)6-1-2-6)10(14(16)17)5-9(8)13/h3,5-6H,1-2,4H2. The van der Waals surface area contributed by atoms with Crippen LogP contribution < -0.4 is 0 Å². The molecule has 0 heterocycles. The maximum Gasteiger partial charge on any atom is 0.274 e. The summed E-state index contributed by atoms with van der Waals surface area (Å²) in [4.78, 5) is 21.9. The Hall–Kier alpha value is -1.13. The number of carbonyl (C=O) groups is 1. The molecule has 0 amide bonds. The van der Waals surface area contributed by atoms with Gasteiger partial charge in [0.05, 0.1) is 15.0 Å². The molecule has 1 aliphatic rings. The lowest BCUT2D eigenvalue weighted by atomic mass is 10.0. The van der Waals surface area contributed by atoms with Crippen molar-refractivity contribution in [2.24, 2.45) is 5.92 Å². The third-order valence-corrected chi connectivity index (χ3v) is 3.44. The summed E-state index contributed by atoms with van der Waals surface area (Å²) in [6.45, 7) is 0. The first-order chi connectivity index (χ1) is 7.99. The number of nitrogens with zero attached hydrogens (tertiary/aromatic N) is 1. The quantitative estimate of drug-likeness (QED) is 0.624. The number of benzene rings is 1. The van der Waals surface area contributed by atoms with Crippen LogP contribution in [0.3, 0.4) is 0 Å². The maximum atomic E-state index is 11.6. The van der Waals surface area contributed by atoms with Gasteiger partial charge in [0, 0.05) is 24.0 Å². The molecule has 0 bridgehead atoms. The molecule has 0 saturated heterocycles. The number of hydrogen-bond donors (Lipinski definition) is 0. The molecule has 0 atom stereocenters. The second-order valence-electron chi connectivity index (χ2n) is 4.07. The largest absolute Gasteiger partial charge is 0.299 e. The molecular weight excluding hydrogens is 265 g/mol. The van der Waals surface area contributed by atoms with E-state index in [0.29, 0.717) is 5.56 Å². The van der Waals surface area contributed by atoms with Crippen LogP contribution >= 0.6 is 23.2 Å². The van der Waals surface area contributed by atoms with Crippen molar-refractivity contribution in [2.45, 2.75) is 19.3 Å². The van der Waals surface area contributed by atoms with Crippen molar-refractivity contribution in [2.75, 3.05) is 0 Å². The Bertz CT molecular complexity index is 498. The van der Waals surface area contributed by atoms with E-state index in [0.717, 1.165) is 12.8 Å². The van der Waals surface area contributed by atoms with Crippen molar-refractivity contribution in [3.8, 4) is 0 Å². The van der Waals surface area contributed by atoms with Crippen LogP contribution in [0.1, 0.15) is 18.4 Å². The predicted octanol–water partition coefficient (Wildman–Crippen LogP) is 3.42. The van der Waals surface area contributed by atoms with Crippen LogP contribution in [-0.2, 0) is 11.2 Å². The first-order valence-electron chi connectivity index (χ1n) is 5.14. The van der Waals surface area contributed by atoms with E-state index in [9.17, 15) is 14.9 Å². The highest BCUT2D eigenvalue weighted by Gasteiger charge is 2.31. The molecule has 1 aromatic carbocycles. The summed E-state index contributed by atoms with van der Waals surface area (Å²) in [5.74, 6) is 0.107. The van der Waals surface area contributed by atoms with Gasteiger partial charge in [-0.15, -0.1) is 0 Å². The SMILES string of the molecule is O=C(Cc1cc(Cl)c(Cl)cc1[N+](=O)[O-])C1CC1. The third kappa shape index (κ3) is 2.76. The monoisotopic (exact) mass is 273 g/mol. The van der Waals surface area contributed by atoms with Crippen LogP contribution in [0.5, 0.6) is 0 Å². The van der Waals surface area contributed by atoms with E-state index in [1.807, 2.05) is 0 Å². The number of Topliss-reactive ketones (excluding diaryl/α,β-unsaturated/α-hetero) is 1. The minimum Gasteiger partial charge on any atom is -0.299 e. The van der Waals surface area contributed by atoms with E-state index in [1.165, 1.54) is 12.1 Å². The van der Waals surface area contributed by atoms with E-state index >= 15 is 0 Å². The summed E-state index contributed by atoms with van der Waals surface area (Å²) in [6.07, 6.45) is 1.82. The smallest absolute Gasteiger partial charge is 0.274 e. The van der Waals surface area contributed by atoms with Crippen LogP contribution in [0.25, 0.3) is 0 Å². The molecular formula is C11H9Cl2NO3. The fourth-order valence-corrected chi connectivity index (χ4v) is 1.97. The second kappa shape index (κ2) is 4.63. The predicted molar refractivity (Wildman–Crippen MR) is 64.6 cm³/mol. The molecule has 0 radical (unpaired) electrons. The number of carbonyl (C=O) groups excluding carboxylic acids is 1. The van der Waals surface area contributed by atoms with E-state index in [2.05, 4.69) is 0 Å². The Morgan fingerprint density at radius 3 is 2.47 bits per heavy atom. The summed E-state index contributed by atoms with van der Waals surface area (Å²) in [5.41, 5.74) is 0.190. The minimum absolute atomic E-state index is 0.0338. The van der Waals surface area contributed by atoms with Crippen molar-refractivity contribution in [1.82, 2.24) is 0 Å². The van der Waals surface area contributed by atoms with Crippen LogP contribution in [0, 0.1) is 16.0 Å². The van der Waals surface area contributed by atoms with Gasteiger partial charge in [-0.1, -0.05) is 23.2 Å². The lowest BCUT2D eigenvalue weighted by molar-refractivity contribution is -0.385. The maximum absolute atomic E-state index is 11.6. The zero-order chi connectivity index (χ0) is 12.6. The molecule has 4 nitrogen and oxygen atoms in total. The Labute approximate surface area is 108 Å². The second-order valence-corrected chi connectivity index (χ2v) is 4.88. The van der Waals surface area contributed by atoms with Gasteiger partial charge in [-0.3, -0.25) is 14.9 Å². The average molecular weight is 274 g/mol. The highest BCUT2D eigenvalue weighted by molar-refractivity contribution is 6.42. The normalized spacial score (nSPS) is 14.7. The highest BCUT2D eigenvalue weighted by Crippen LogP contribution is 2.34. The number of nitro groups is 1. The molecule has 17 heavy (non-hydrogen) atoms. The first kappa shape index (κ1) is 12.3. The van der Waals surface area contributed by atoms with Gasteiger partial charge in [-0.2, -0.15) is 0 Å². The number of halogens is 2. The highest BCUT2D eigenvalue weighted by atomic mass is 35.5. The molecule has 90 valence electrons. The summed E-state index contributed by atoms with van der Waals surface area (Å²) >= 11 is 11.5. The van der Waals surface area contributed by atoms with Crippen molar-refractivity contribution >= 4 is 34.7 Å². The number of rotatable bonds is 4. The summed E-state index contributed by atoms with van der Waals surface area (Å²) in [5, 5.41) is 11.2. The lowest BCUT2D eigenvalue weighted by Gasteiger charge is -2.04. The fraction of sp³-hybridized carbons (Fsp3) is 0.364. The molecule has 0 spiro atoms. The third-order valence-electron chi connectivity index (χ3n) is 2.72. The molecule has 1 aliphatic carbocycles. The summed E-state index contributed by atoms with van der Waals surface area (Å²) < 4.78 is 0. The molecule has 1 saturated carbocycles. The minimum atomic E-state index is -0.544. The van der Waals surface area contributed by atoms with Gasteiger partial charge < -0.3 is 0 Å². The molecule has 1 aromatic rings. The van der Waals surface area contributed by atoms with Gasteiger partial charge in [0.2, 0.25) is 0 Å². The Kier molecular flexibility index (Phi) is 3.35. The van der Waals surface area contributed by atoms with Gasteiger partial charge in [-0.25, -0.2) is 0 Å². The Morgan fingerprint density at radius 2 is 1.94 bits per heavy atom. The molecule has 0 unspecified atom stereocenters. The van der Waals surface area contributed by atoms with Crippen LogP contribution in [0.4, 0.5) is 5.69 Å². The molecule has 6 heteroatoms. The zero-order valence-corrected chi connectivity index (χ0v) is 10.3. The van der Waals surface area contributed by atoms with Crippen molar-refractivity contribution in [3.63, 3.8) is 0 Å². The topological polar surface area (TPSA) is 60.2 Å². The van der Waals surface area contributed by atoms with Crippen molar-refractivity contribution in [1.29, 1.82) is 0 Å². The van der Waals surface area contributed by atoms with Crippen LogP contribution in [-0.4, -0.2) is 10.7 Å². The number of ketones is 1. The average Bonchev–Trinajstić information content (AvgIpc) is 3.06.